The number of rotatable bonds is 5. The Morgan fingerprint density at radius 2 is 2.00 bits per heavy atom. The van der Waals surface area contributed by atoms with Gasteiger partial charge in [0.05, 0.1) is 11.9 Å². The van der Waals surface area contributed by atoms with E-state index >= 15 is 0 Å². The summed E-state index contributed by atoms with van der Waals surface area (Å²) in [6, 6.07) is 9.70. The van der Waals surface area contributed by atoms with E-state index in [0.717, 1.165) is 35.7 Å². The van der Waals surface area contributed by atoms with E-state index < -0.39 is 10.0 Å². The normalized spacial score (nSPS) is 17.8. The van der Waals surface area contributed by atoms with Gasteiger partial charge in [-0.05, 0) is 57.9 Å². The van der Waals surface area contributed by atoms with Gasteiger partial charge in [0, 0.05) is 30.4 Å². The second kappa shape index (κ2) is 8.16. The van der Waals surface area contributed by atoms with Crippen molar-refractivity contribution in [3.8, 4) is 0 Å². The standard InChI is InChI=1S/C21H25N5O3S/c1-14-6-4-8-20(23-14)24-18-9-10-19(22-12-18)17-7-5-11-26(13-17)30(27,28)21-15(2)25-29-16(21)3/h4,6,8-10,12,17H,5,7,11,13H2,1-3H3,(H,23,24). The third-order valence-electron chi connectivity index (χ3n) is 5.32. The predicted molar refractivity (Wildman–Crippen MR) is 113 cm³/mol. The molecular formula is C21H25N5O3S. The van der Waals surface area contributed by atoms with Crippen LogP contribution in [0.1, 0.15) is 41.6 Å². The largest absolute Gasteiger partial charge is 0.360 e. The van der Waals surface area contributed by atoms with Crippen LogP contribution in [0.3, 0.4) is 0 Å². The van der Waals surface area contributed by atoms with Crippen LogP contribution in [0.2, 0.25) is 0 Å². The molecule has 0 radical (unpaired) electrons. The van der Waals surface area contributed by atoms with E-state index in [1.165, 1.54) is 4.31 Å². The highest BCUT2D eigenvalue weighted by molar-refractivity contribution is 7.89. The van der Waals surface area contributed by atoms with Crippen LogP contribution in [0.4, 0.5) is 11.5 Å². The van der Waals surface area contributed by atoms with Crippen LogP contribution in [0.25, 0.3) is 0 Å². The van der Waals surface area contributed by atoms with Gasteiger partial charge in [-0.25, -0.2) is 13.4 Å². The number of piperidine rings is 1. The summed E-state index contributed by atoms with van der Waals surface area (Å²) in [5, 5.41) is 7.04. The fourth-order valence-electron chi connectivity index (χ4n) is 3.86. The lowest BCUT2D eigenvalue weighted by Crippen LogP contribution is -2.39. The second-order valence-electron chi connectivity index (χ2n) is 7.62. The number of hydrogen-bond acceptors (Lipinski definition) is 7. The number of nitrogens with one attached hydrogen (secondary N) is 1. The molecule has 4 heterocycles. The van der Waals surface area contributed by atoms with Crippen LogP contribution in [-0.2, 0) is 10.0 Å². The summed E-state index contributed by atoms with van der Waals surface area (Å²) in [6.07, 6.45) is 3.44. The fraction of sp³-hybridized carbons (Fsp3) is 0.381. The third-order valence-corrected chi connectivity index (χ3v) is 7.43. The number of aromatic nitrogens is 3. The average Bonchev–Trinajstić information content (AvgIpc) is 3.07. The number of nitrogens with zero attached hydrogens (tertiary/aromatic N) is 4. The monoisotopic (exact) mass is 427 g/mol. The molecule has 3 aromatic heterocycles. The molecule has 1 N–H and O–H groups in total. The van der Waals surface area contributed by atoms with Gasteiger partial charge in [0.2, 0.25) is 10.0 Å². The Labute approximate surface area is 176 Å². The van der Waals surface area contributed by atoms with Gasteiger partial charge in [-0.1, -0.05) is 11.2 Å². The Hall–Kier alpha value is -2.78. The molecule has 4 rings (SSSR count). The minimum Gasteiger partial charge on any atom is -0.360 e. The molecule has 1 fully saturated rings. The zero-order valence-electron chi connectivity index (χ0n) is 17.3. The summed E-state index contributed by atoms with van der Waals surface area (Å²) in [6.45, 7) is 6.11. The van der Waals surface area contributed by atoms with Crippen molar-refractivity contribution in [1.29, 1.82) is 0 Å². The molecular weight excluding hydrogens is 402 g/mol. The highest BCUT2D eigenvalue weighted by Crippen LogP contribution is 2.31. The Morgan fingerprint density at radius 1 is 1.17 bits per heavy atom. The molecule has 8 nitrogen and oxygen atoms in total. The van der Waals surface area contributed by atoms with E-state index in [4.69, 9.17) is 4.52 Å². The average molecular weight is 428 g/mol. The summed E-state index contributed by atoms with van der Waals surface area (Å²) >= 11 is 0. The van der Waals surface area contributed by atoms with E-state index in [1.807, 2.05) is 37.3 Å². The SMILES string of the molecule is Cc1cccc(Nc2ccc(C3CCCN(S(=O)(=O)c4c(C)noc4C)C3)nc2)n1. The summed E-state index contributed by atoms with van der Waals surface area (Å²) in [7, 11) is -3.65. The van der Waals surface area contributed by atoms with Crippen LogP contribution in [0, 0.1) is 20.8 Å². The van der Waals surface area contributed by atoms with Gasteiger partial charge in [-0.3, -0.25) is 4.98 Å². The molecule has 9 heteroatoms. The van der Waals surface area contributed by atoms with Crippen LogP contribution < -0.4 is 5.32 Å². The molecule has 0 saturated carbocycles. The Balaban J connectivity index is 1.49. The topological polar surface area (TPSA) is 101 Å². The molecule has 158 valence electrons. The van der Waals surface area contributed by atoms with Gasteiger partial charge in [-0.15, -0.1) is 0 Å². The van der Waals surface area contributed by atoms with Crippen molar-refractivity contribution >= 4 is 21.5 Å². The molecule has 1 aliphatic rings. The van der Waals surface area contributed by atoms with E-state index in [0.29, 0.717) is 24.5 Å². The third kappa shape index (κ3) is 4.08. The second-order valence-corrected chi connectivity index (χ2v) is 9.49. The Bertz CT molecular complexity index is 1120. The van der Waals surface area contributed by atoms with E-state index in [9.17, 15) is 8.42 Å². The Kier molecular flexibility index (Phi) is 5.57. The molecule has 30 heavy (non-hydrogen) atoms. The van der Waals surface area contributed by atoms with Crippen molar-refractivity contribution in [3.05, 3.63) is 59.4 Å². The summed E-state index contributed by atoms with van der Waals surface area (Å²) in [4.78, 5) is 9.21. The molecule has 1 saturated heterocycles. The van der Waals surface area contributed by atoms with Crippen LogP contribution in [-0.4, -0.2) is 40.9 Å². The van der Waals surface area contributed by atoms with Crippen molar-refractivity contribution in [1.82, 2.24) is 19.4 Å². The smallest absolute Gasteiger partial charge is 0.248 e. The quantitative estimate of drug-likeness (QED) is 0.662. The van der Waals surface area contributed by atoms with Gasteiger partial charge < -0.3 is 9.84 Å². The molecule has 0 aliphatic carbocycles. The summed E-state index contributed by atoms with van der Waals surface area (Å²) < 4.78 is 32.9. The lowest BCUT2D eigenvalue weighted by Gasteiger charge is -2.31. The van der Waals surface area contributed by atoms with Crippen molar-refractivity contribution in [3.63, 3.8) is 0 Å². The van der Waals surface area contributed by atoms with Crippen LogP contribution >= 0.6 is 0 Å². The highest BCUT2D eigenvalue weighted by atomic mass is 32.2. The Morgan fingerprint density at radius 3 is 2.67 bits per heavy atom. The predicted octanol–water partition coefficient (Wildman–Crippen LogP) is 3.70. The number of pyridine rings is 2. The first kappa shape index (κ1) is 20.5. The summed E-state index contributed by atoms with van der Waals surface area (Å²) in [5.41, 5.74) is 3.06. The van der Waals surface area contributed by atoms with Crippen molar-refractivity contribution in [2.24, 2.45) is 0 Å². The molecule has 1 aliphatic heterocycles. The molecule has 3 aromatic rings. The molecule has 0 spiro atoms. The number of sulfonamides is 1. The lowest BCUT2D eigenvalue weighted by molar-refractivity contribution is 0.312. The van der Waals surface area contributed by atoms with Crippen molar-refractivity contribution in [2.45, 2.75) is 44.4 Å². The maximum atomic E-state index is 13.1. The van der Waals surface area contributed by atoms with Gasteiger partial charge in [0.15, 0.2) is 5.76 Å². The van der Waals surface area contributed by atoms with E-state index in [2.05, 4.69) is 20.4 Å². The fourth-order valence-corrected chi connectivity index (χ4v) is 5.67. The van der Waals surface area contributed by atoms with Crippen molar-refractivity contribution in [2.75, 3.05) is 18.4 Å². The molecule has 1 atom stereocenters. The maximum Gasteiger partial charge on any atom is 0.248 e. The molecule has 1 unspecified atom stereocenters. The van der Waals surface area contributed by atoms with Gasteiger partial charge in [-0.2, -0.15) is 4.31 Å². The van der Waals surface area contributed by atoms with Gasteiger partial charge >= 0.3 is 0 Å². The molecule has 0 bridgehead atoms. The lowest BCUT2D eigenvalue weighted by atomic mass is 9.95. The van der Waals surface area contributed by atoms with Gasteiger partial charge in [0.1, 0.15) is 16.4 Å². The number of anilines is 2. The first-order valence-corrected chi connectivity index (χ1v) is 11.4. The number of aryl methyl sites for hydroxylation is 3. The van der Waals surface area contributed by atoms with E-state index in [1.54, 1.807) is 20.0 Å². The minimum absolute atomic E-state index is 0.0418. The van der Waals surface area contributed by atoms with Crippen LogP contribution in [0.15, 0.2) is 45.9 Å². The highest BCUT2D eigenvalue weighted by Gasteiger charge is 2.35. The first-order chi connectivity index (χ1) is 14.3. The minimum atomic E-state index is -3.65. The zero-order chi connectivity index (χ0) is 21.3. The molecule has 0 amide bonds. The van der Waals surface area contributed by atoms with Crippen molar-refractivity contribution < 1.29 is 12.9 Å². The number of hydrogen-bond donors (Lipinski definition) is 1. The first-order valence-electron chi connectivity index (χ1n) is 9.94. The zero-order valence-corrected chi connectivity index (χ0v) is 18.1. The van der Waals surface area contributed by atoms with Crippen LogP contribution in [0.5, 0.6) is 0 Å². The van der Waals surface area contributed by atoms with Gasteiger partial charge in [0.25, 0.3) is 0 Å². The maximum absolute atomic E-state index is 13.1. The molecule has 0 aromatic carbocycles. The summed E-state index contributed by atoms with van der Waals surface area (Å²) in [5.74, 6) is 1.13. The van der Waals surface area contributed by atoms with E-state index in [-0.39, 0.29) is 10.8 Å².